The van der Waals surface area contributed by atoms with E-state index in [1.807, 2.05) is 0 Å². The second-order valence-corrected chi connectivity index (χ2v) is 2.97. The fourth-order valence-electron chi connectivity index (χ4n) is 1.34. The second-order valence-electron chi connectivity index (χ2n) is 2.97. The minimum atomic E-state index is -0.483. The summed E-state index contributed by atoms with van der Waals surface area (Å²) in [6.45, 7) is 0. The molecule has 0 saturated heterocycles. The summed E-state index contributed by atoms with van der Waals surface area (Å²) in [5.41, 5.74) is 0.563. The van der Waals surface area contributed by atoms with Gasteiger partial charge in [-0.2, -0.15) is 4.57 Å². The molecule has 2 rings (SSSR count). The van der Waals surface area contributed by atoms with Crippen LogP contribution in [-0.2, 0) is 0 Å². The van der Waals surface area contributed by atoms with E-state index < -0.39 is 4.92 Å². The highest BCUT2D eigenvalue weighted by molar-refractivity contribution is 5.40. The van der Waals surface area contributed by atoms with Gasteiger partial charge in [-0.05, 0) is 35.3 Å². The highest BCUT2D eigenvalue weighted by atomic mass is 19.1. The van der Waals surface area contributed by atoms with Crippen LogP contribution >= 0.6 is 0 Å². The third kappa shape index (κ3) is 1.71. The Kier molecular flexibility index (Phi) is 2.21. The van der Waals surface area contributed by atoms with Crippen LogP contribution in [0.5, 0.6) is 0 Å². The van der Waals surface area contributed by atoms with Gasteiger partial charge in [-0.1, -0.05) is 0 Å². The molecule has 1 aromatic carbocycles. The third-order valence-corrected chi connectivity index (χ3v) is 2.02. The third-order valence-electron chi connectivity index (χ3n) is 2.02. The number of halogens is 1. The van der Waals surface area contributed by atoms with Crippen LogP contribution in [0.1, 0.15) is 0 Å². The van der Waals surface area contributed by atoms with Gasteiger partial charge in [0.2, 0.25) is 0 Å². The lowest BCUT2D eigenvalue weighted by atomic mass is 10.3. The van der Waals surface area contributed by atoms with Crippen molar-refractivity contribution < 1.29 is 9.31 Å². The summed E-state index contributed by atoms with van der Waals surface area (Å²) >= 11 is 0. The van der Waals surface area contributed by atoms with Crippen LogP contribution in [0.15, 0.2) is 42.6 Å². The lowest BCUT2D eigenvalue weighted by molar-refractivity contribution is -0.390. The van der Waals surface area contributed by atoms with Crippen molar-refractivity contribution in [1.29, 1.82) is 0 Å². The summed E-state index contributed by atoms with van der Waals surface area (Å²) in [5, 5.41) is 10.6. The predicted molar refractivity (Wildman–Crippen MR) is 52.4 cm³/mol. The molecule has 0 bridgehead atoms. The van der Waals surface area contributed by atoms with Gasteiger partial charge in [0, 0.05) is 6.07 Å². The largest absolute Gasteiger partial charge is 0.358 e. The molecule has 1 heterocycles. The molecule has 0 saturated carbocycles. The Bertz CT molecular complexity index is 490. The minimum Gasteiger partial charge on any atom is -0.358 e. The van der Waals surface area contributed by atoms with Crippen molar-refractivity contribution in [2.75, 3.05) is 0 Å². The van der Waals surface area contributed by atoms with E-state index in [4.69, 9.17) is 0 Å². The molecule has 1 aromatic heterocycles. The maximum atomic E-state index is 12.6. The van der Waals surface area contributed by atoms with Crippen LogP contribution < -0.4 is 0 Å². The Labute approximate surface area is 84.7 Å². The van der Waals surface area contributed by atoms with E-state index in [0.29, 0.717) is 5.69 Å². The van der Waals surface area contributed by atoms with E-state index in [1.54, 1.807) is 12.3 Å². The number of benzene rings is 1. The van der Waals surface area contributed by atoms with Crippen LogP contribution in [0, 0.1) is 15.9 Å². The van der Waals surface area contributed by atoms with Crippen molar-refractivity contribution in [1.82, 2.24) is 4.57 Å². The first-order valence-corrected chi connectivity index (χ1v) is 4.26. The van der Waals surface area contributed by atoms with Gasteiger partial charge in [-0.3, -0.25) is 0 Å². The quantitative estimate of drug-likeness (QED) is 0.560. The summed E-state index contributed by atoms with van der Waals surface area (Å²) in [7, 11) is 0. The van der Waals surface area contributed by atoms with Gasteiger partial charge in [0.15, 0.2) is 0 Å². The van der Waals surface area contributed by atoms with E-state index in [9.17, 15) is 14.5 Å². The number of nitrogens with zero attached hydrogens (tertiary/aromatic N) is 2. The van der Waals surface area contributed by atoms with Gasteiger partial charge in [0.25, 0.3) is 0 Å². The first-order chi connectivity index (χ1) is 7.18. The summed E-state index contributed by atoms with van der Waals surface area (Å²) in [5.74, 6) is -0.407. The van der Waals surface area contributed by atoms with Crippen LogP contribution in [0.2, 0.25) is 0 Å². The van der Waals surface area contributed by atoms with E-state index in [-0.39, 0.29) is 11.6 Å². The van der Waals surface area contributed by atoms with Crippen LogP contribution in [0.25, 0.3) is 5.69 Å². The van der Waals surface area contributed by atoms with E-state index in [1.165, 1.54) is 34.9 Å². The molecule has 0 N–H and O–H groups in total. The Morgan fingerprint density at radius 3 is 2.47 bits per heavy atom. The maximum Gasteiger partial charge on any atom is 0.328 e. The van der Waals surface area contributed by atoms with Gasteiger partial charge in [-0.15, -0.1) is 0 Å². The number of hydrogen-bond acceptors (Lipinski definition) is 2. The topological polar surface area (TPSA) is 48.1 Å². The molecule has 0 unspecified atom stereocenters. The molecule has 0 fully saturated rings. The zero-order chi connectivity index (χ0) is 10.8. The van der Waals surface area contributed by atoms with Crippen molar-refractivity contribution in [2.45, 2.75) is 0 Å². The number of rotatable bonds is 2. The lowest BCUT2D eigenvalue weighted by Crippen LogP contribution is -1.98. The van der Waals surface area contributed by atoms with E-state index >= 15 is 0 Å². The Morgan fingerprint density at radius 2 is 1.87 bits per heavy atom. The van der Waals surface area contributed by atoms with Crippen LogP contribution in [-0.4, -0.2) is 9.49 Å². The summed E-state index contributed by atoms with van der Waals surface area (Å²) in [6, 6.07) is 8.47. The van der Waals surface area contributed by atoms with E-state index in [2.05, 4.69) is 0 Å². The van der Waals surface area contributed by atoms with Crippen molar-refractivity contribution in [3.8, 4) is 5.69 Å². The Hall–Kier alpha value is -2.17. The van der Waals surface area contributed by atoms with Crippen LogP contribution in [0.4, 0.5) is 10.2 Å². The molecule has 5 heteroatoms. The Balaban J connectivity index is 2.49. The number of aromatic nitrogens is 1. The molecule has 0 amide bonds. The molecule has 76 valence electrons. The lowest BCUT2D eigenvalue weighted by Gasteiger charge is -2.00. The molecule has 4 nitrogen and oxygen atoms in total. The van der Waals surface area contributed by atoms with Crippen molar-refractivity contribution in [3.63, 3.8) is 0 Å². The fourth-order valence-corrected chi connectivity index (χ4v) is 1.34. The van der Waals surface area contributed by atoms with Crippen molar-refractivity contribution in [3.05, 3.63) is 58.5 Å². The summed E-state index contributed by atoms with van der Waals surface area (Å²) in [4.78, 5) is 10.2. The van der Waals surface area contributed by atoms with Gasteiger partial charge >= 0.3 is 5.82 Å². The molecule has 0 radical (unpaired) electrons. The summed E-state index contributed by atoms with van der Waals surface area (Å²) < 4.78 is 14.0. The second kappa shape index (κ2) is 3.53. The maximum absolute atomic E-state index is 12.6. The molecule has 2 aromatic rings. The number of nitro groups is 1. The van der Waals surface area contributed by atoms with Crippen molar-refractivity contribution in [2.24, 2.45) is 0 Å². The number of hydrogen-bond donors (Lipinski definition) is 0. The first-order valence-electron chi connectivity index (χ1n) is 4.26. The van der Waals surface area contributed by atoms with Crippen LogP contribution in [0.3, 0.4) is 0 Å². The van der Waals surface area contributed by atoms with E-state index in [0.717, 1.165) is 0 Å². The van der Waals surface area contributed by atoms with Gasteiger partial charge < -0.3 is 10.1 Å². The van der Waals surface area contributed by atoms with Gasteiger partial charge in [-0.25, -0.2) is 4.39 Å². The molecule has 0 aliphatic rings. The zero-order valence-corrected chi connectivity index (χ0v) is 7.63. The van der Waals surface area contributed by atoms with Gasteiger partial charge in [0.1, 0.15) is 11.5 Å². The average Bonchev–Trinajstić information content (AvgIpc) is 2.67. The molecule has 0 aliphatic carbocycles. The zero-order valence-electron chi connectivity index (χ0n) is 7.63. The Morgan fingerprint density at radius 1 is 1.20 bits per heavy atom. The molecular formula is C10H7FN2O2. The van der Waals surface area contributed by atoms with Crippen molar-refractivity contribution >= 4 is 5.82 Å². The SMILES string of the molecule is O=[N+]([O-])c1cccn1-c1ccc(F)cc1. The standard InChI is InChI=1S/C10H7FN2O2/c11-8-3-5-9(6-4-8)12-7-1-2-10(12)13(14)15/h1-7H. The highest BCUT2D eigenvalue weighted by Crippen LogP contribution is 2.18. The fraction of sp³-hybridized carbons (Fsp3) is 0. The molecule has 0 spiro atoms. The molecule has 0 atom stereocenters. The minimum absolute atomic E-state index is 0.0402. The average molecular weight is 206 g/mol. The normalized spacial score (nSPS) is 10.2. The summed E-state index contributed by atoms with van der Waals surface area (Å²) in [6.07, 6.45) is 1.56. The smallest absolute Gasteiger partial charge is 0.328 e. The molecule has 15 heavy (non-hydrogen) atoms. The van der Waals surface area contributed by atoms with Gasteiger partial charge in [0.05, 0.1) is 6.20 Å². The molecular weight excluding hydrogens is 199 g/mol. The monoisotopic (exact) mass is 206 g/mol. The highest BCUT2D eigenvalue weighted by Gasteiger charge is 2.13. The first kappa shape index (κ1) is 9.39. The molecule has 0 aliphatic heterocycles. The predicted octanol–water partition coefficient (Wildman–Crippen LogP) is 2.52.